The Morgan fingerprint density at radius 3 is 1.14 bits per heavy atom. The average molecular weight is 1780 g/mol. The number of carbonyl (C=O) groups excluding carboxylic acids is 8. The summed E-state index contributed by atoms with van der Waals surface area (Å²) in [6.07, 6.45) is 11.5. The fraction of sp³-hybridized carbons (Fsp3) is 0.452. The minimum atomic E-state index is -4.37. The van der Waals surface area contributed by atoms with E-state index in [0.717, 1.165) is 22.3 Å². The van der Waals surface area contributed by atoms with Crippen molar-refractivity contribution in [2.24, 2.45) is 5.73 Å². The molecule has 8 rings (SSSR count). The molecule has 0 aliphatic carbocycles. The number of anilines is 2. The summed E-state index contributed by atoms with van der Waals surface area (Å²) in [5.41, 5.74) is 9.77. The van der Waals surface area contributed by atoms with Crippen LogP contribution >= 0.6 is 0 Å². The lowest BCUT2D eigenvalue weighted by atomic mass is 10.1. The summed E-state index contributed by atoms with van der Waals surface area (Å²) in [5.74, 6) is -6.14. The highest BCUT2D eigenvalue weighted by Gasteiger charge is 2.32. The molecule has 0 spiro atoms. The lowest BCUT2D eigenvalue weighted by Crippen LogP contribution is -2.49. The number of hydrogen-bond donors (Lipinski definition) is 17. The maximum absolute atomic E-state index is 13.9. The number of H-pyrrole nitrogens is 2. The van der Waals surface area contributed by atoms with Crippen molar-refractivity contribution >= 4 is 113 Å². The number of aliphatic carboxylic acids is 2. The molecule has 0 fully saturated rings. The largest absolute Gasteiger partial charge is 0.480 e. The van der Waals surface area contributed by atoms with E-state index in [9.17, 15) is 84.6 Å². The van der Waals surface area contributed by atoms with Crippen LogP contribution in [0.5, 0.6) is 0 Å². The van der Waals surface area contributed by atoms with E-state index in [1.165, 1.54) is 12.4 Å². The molecule has 125 heavy (non-hydrogen) atoms. The van der Waals surface area contributed by atoms with E-state index in [2.05, 4.69) is 82.5 Å². The number of imidazole rings is 2. The van der Waals surface area contributed by atoms with Crippen molar-refractivity contribution in [2.75, 3.05) is 89.4 Å². The Morgan fingerprint density at radius 2 is 0.800 bits per heavy atom. The first kappa shape index (κ1) is 99.8. The first-order valence-corrected chi connectivity index (χ1v) is 43.7. The van der Waals surface area contributed by atoms with Crippen LogP contribution in [0.25, 0.3) is 21.8 Å². The summed E-state index contributed by atoms with van der Waals surface area (Å²) in [7, 11) is -8.74. The molecule has 8 aromatic rings. The van der Waals surface area contributed by atoms with Crippen molar-refractivity contribution in [1.29, 1.82) is 0 Å². The smallest absolute Gasteiger partial charge is 0.323 e. The molecule has 0 saturated heterocycles. The Balaban J connectivity index is 0.0000215. The van der Waals surface area contributed by atoms with E-state index in [4.69, 9.17) is 15.2 Å². The highest BCUT2D eigenvalue weighted by atomic mass is 32.2. The summed E-state index contributed by atoms with van der Waals surface area (Å²) < 4.78 is 72.8. The third kappa shape index (κ3) is 31.5. The lowest BCUT2D eigenvalue weighted by molar-refractivity contribution is -0.139. The Kier molecular flexibility index (Phi) is 39.3. The van der Waals surface area contributed by atoms with Crippen LogP contribution in [0.15, 0.2) is 117 Å². The highest BCUT2D eigenvalue weighted by molar-refractivity contribution is 7.90. The van der Waals surface area contributed by atoms with Crippen molar-refractivity contribution in [1.82, 2.24) is 81.0 Å². The SMILES string of the molecule is C.Cc1cc(C)c(S(=O)(=O)NC(CNC(=O)c2cn(CCCNC(=O)CCC(=O)NCCCOCCCNC(=O)CCC(N)C(=O)NCCCOCCCNC(=O)CCC(=O)NCCCn3cc(C(=O)NCC(NS(=O)(=O)c4c(C)cc(C)cc4C)C(=O)O)c(=O)c4ccc(CNc5ncc[nH]5)cc43)c3cc(CNc4ncc[nH]4)ccc3c2=O)C(=O)O)c(C)c1. The molecule has 4 aromatic carbocycles. The van der Waals surface area contributed by atoms with Gasteiger partial charge in [-0.05, 0) is 144 Å². The fourth-order valence-electron chi connectivity index (χ4n) is 13.7. The number of carbonyl (C=O) groups is 10. The summed E-state index contributed by atoms with van der Waals surface area (Å²) in [5, 5.41) is 48.1. The molecule has 41 heteroatoms. The normalized spacial score (nSPS) is 12.1. The third-order valence-corrected chi connectivity index (χ3v) is 23.2. The number of nitrogens with zero attached hydrogens (tertiary/aromatic N) is 4. The number of sulfonamides is 2. The van der Waals surface area contributed by atoms with Gasteiger partial charge in [-0.25, -0.2) is 26.8 Å². The lowest BCUT2D eigenvalue weighted by Gasteiger charge is -2.19. The number of fused-ring (bicyclic) bond motifs is 2. The maximum atomic E-state index is 13.9. The molecular formula is C84H115N19O20S2. The Bertz CT molecular complexity index is 5400. The third-order valence-electron chi connectivity index (χ3n) is 19.7. The van der Waals surface area contributed by atoms with E-state index in [1.807, 2.05) is 0 Å². The Morgan fingerprint density at radius 1 is 0.464 bits per heavy atom. The standard InChI is InChI=1S/C83H111N19O20S2.CH4/c1-51-39-53(3)75(54(4)40-51)123(117,118)99-64(80(113)114)47-95-77(110)61-49-101(66-43-57(13-15-59(66)73(61)108)45-97-82-91-29-30-92-82)33-7-23-85-69(104)19-21-71(106)88-26-10-36-121-35-9-25-87-68(103)18-17-63(84)79(112)90-28-12-38-122-37-11-27-89-72(107)22-20-70(105)86-24-8-34-102-50-62(74(109)60-16-14-58(44-67(60)102)46-98-83-93-31-32-94-83)78(111)96-48-65(81(115)116)100-124(119,120)76-55(5)41-52(2)42-56(76)6;/h13-16,29-32,39-44,49-50,63-65,99-100H,7-12,17-28,33-38,45-48,84H2,1-6H3,(H,85,104)(H,86,105)(H,87,103)(H,88,106)(H,89,107)(H,90,112)(H,95,110)(H,96,111)(H,113,114)(H,115,116)(H2,91,92,97)(H2,93,94,98);1H4. The van der Waals surface area contributed by atoms with Crippen LogP contribution in [0, 0.1) is 41.5 Å². The number of nitrogens with one attached hydrogen (secondary N) is 14. The van der Waals surface area contributed by atoms with Gasteiger partial charge in [0, 0.05) is 185 Å². The minimum absolute atomic E-state index is 0. The number of carboxylic acid groups (broad SMARTS) is 2. The number of pyridine rings is 2. The zero-order chi connectivity index (χ0) is 90.0. The van der Waals surface area contributed by atoms with Crippen LogP contribution in [-0.4, -0.2) is 212 Å². The molecule has 678 valence electrons. The number of aryl methyl sites for hydroxylation is 8. The number of carboxylic acids is 2. The number of amides is 8. The van der Waals surface area contributed by atoms with Gasteiger partial charge in [-0.2, -0.15) is 9.44 Å². The summed E-state index contributed by atoms with van der Waals surface area (Å²) >= 11 is 0. The molecule has 0 aliphatic heterocycles. The number of nitrogens with two attached hydrogens (primary N) is 1. The zero-order valence-corrected chi connectivity index (χ0v) is 71.8. The van der Waals surface area contributed by atoms with E-state index in [1.54, 1.807) is 136 Å². The van der Waals surface area contributed by atoms with E-state index in [0.29, 0.717) is 136 Å². The van der Waals surface area contributed by atoms with Crippen LogP contribution < -0.4 is 79.2 Å². The second-order valence-electron chi connectivity index (χ2n) is 29.8. The number of aromatic nitrogens is 6. The van der Waals surface area contributed by atoms with Crippen LogP contribution in [0.1, 0.15) is 150 Å². The van der Waals surface area contributed by atoms with Gasteiger partial charge in [0.05, 0.1) is 26.9 Å². The first-order valence-electron chi connectivity index (χ1n) is 40.7. The van der Waals surface area contributed by atoms with Crippen LogP contribution in [0.3, 0.4) is 0 Å². The molecule has 4 heterocycles. The van der Waals surface area contributed by atoms with Gasteiger partial charge in [0.15, 0.2) is 11.9 Å². The topological polar surface area (TPSA) is 570 Å². The van der Waals surface area contributed by atoms with Crippen LogP contribution in [0.2, 0.25) is 0 Å². The van der Waals surface area contributed by atoms with Gasteiger partial charge < -0.3 is 97.7 Å². The number of rotatable bonds is 54. The second kappa shape index (κ2) is 49.3. The molecular weight excluding hydrogens is 1660 g/mol. The number of ether oxygens (including phenoxy) is 2. The van der Waals surface area contributed by atoms with Crippen molar-refractivity contribution in [2.45, 2.75) is 180 Å². The molecule has 3 atom stereocenters. The van der Waals surface area contributed by atoms with Crippen molar-refractivity contribution < 1.29 is 84.5 Å². The predicted molar refractivity (Wildman–Crippen MR) is 468 cm³/mol. The number of hydrogen-bond acceptors (Lipinski definition) is 23. The van der Waals surface area contributed by atoms with Gasteiger partial charge in [-0.15, -0.1) is 0 Å². The number of benzene rings is 4. The van der Waals surface area contributed by atoms with Gasteiger partial charge in [0.1, 0.15) is 23.2 Å². The van der Waals surface area contributed by atoms with Gasteiger partial charge in [0.2, 0.25) is 66.3 Å². The first-order chi connectivity index (χ1) is 59.2. The monoisotopic (exact) mass is 1770 g/mol. The molecule has 3 unspecified atom stereocenters. The molecule has 4 aromatic heterocycles. The molecule has 39 nitrogen and oxygen atoms in total. The summed E-state index contributed by atoms with van der Waals surface area (Å²) in [4.78, 5) is 170. The minimum Gasteiger partial charge on any atom is -0.480 e. The van der Waals surface area contributed by atoms with Crippen molar-refractivity contribution in [3.63, 3.8) is 0 Å². The van der Waals surface area contributed by atoms with E-state index >= 15 is 0 Å². The fourth-order valence-corrected chi connectivity index (χ4v) is 17.0. The predicted octanol–water partition coefficient (Wildman–Crippen LogP) is 3.24. The molecule has 0 bridgehead atoms. The van der Waals surface area contributed by atoms with Gasteiger partial charge in [0.25, 0.3) is 11.8 Å². The van der Waals surface area contributed by atoms with E-state index in [-0.39, 0.29) is 146 Å². The molecule has 18 N–H and O–H groups in total. The van der Waals surface area contributed by atoms with Gasteiger partial charge >= 0.3 is 11.9 Å². The van der Waals surface area contributed by atoms with Crippen molar-refractivity contribution in [3.05, 3.63) is 174 Å². The van der Waals surface area contributed by atoms with Gasteiger partial charge in [-0.3, -0.25) is 57.5 Å². The van der Waals surface area contributed by atoms with E-state index < -0.39 is 91.8 Å². The molecule has 8 amide bonds. The summed E-state index contributed by atoms with van der Waals surface area (Å²) in [6, 6.07) is 12.2. The Labute approximate surface area is 724 Å². The highest BCUT2D eigenvalue weighted by Crippen LogP contribution is 2.25. The zero-order valence-electron chi connectivity index (χ0n) is 70.2. The molecule has 0 saturated carbocycles. The van der Waals surface area contributed by atoms with Crippen LogP contribution in [0.4, 0.5) is 11.9 Å². The van der Waals surface area contributed by atoms with Crippen molar-refractivity contribution in [3.8, 4) is 0 Å². The number of aromatic amines is 2. The second-order valence-corrected chi connectivity index (χ2v) is 33.1. The molecule has 0 aliphatic rings. The quantitative estimate of drug-likeness (QED) is 0.0243. The molecule has 0 radical (unpaired) electrons. The average Bonchev–Trinajstić information content (AvgIpc) is 1.27. The maximum Gasteiger partial charge on any atom is 0.323 e. The van der Waals surface area contributed by atoms with Gasteiger partial charge in [-0.1, -0.05) is 55.0 Å². The van der Waals surface area contributed by atoms with Crippen LogP contribution in [-0.2, 0) is 94.1 Å². The summed E-state index contributed by atoms with van der Waals surface area (Å²) in [6.45, 7) is 12.4. The Hall–Kier alpha value is -12.3.